The van der Waals surface area contributed by atoms with E-state index in [-0.39, 0.29) is 23.2 Å². The summed E-state index contributed by atoms with van der Waals surface area (Å²) in [6, 6.07) is -0.170. The maximum atomic E-state index is 11.5. The highest BCUT2D eigenvalue weighted by molar-refractivity contribution is 7.91. The molecule has 1 aromatic heterocycles. The summed E-state index contributed by atoms with van der Waals surface area (Å²) in [5, 5.41) is 12.4. The van der Waals surface area contributed by atoms with Crippen LogP contribution in [0.15, 0.2) is 0 Å². The molecule has 2 rings (SSSR count). The molecule has 0 saturated carbocycles. The summed E-state index contributed by atoms with van der Waals surface area (Å²) in [6.45, 7) is 1.68. The Morgan fingerprint density at radius 3 is 2.83 bits per heavy atom. The van der Waals surface area contributed by atoms with Crippen LogP contribution >= 0.6 is 11.3 Å². The first-order valence-electron chi connectivity index (χ1n) is 5.55. The lowest BCUT2D eigenvalue weighted by Gasteiger charge is -2.22. The van der Waals surface area contributed by atoms with Crippen molar-refractivity contribution in [3.05, 3.63) is 10.6 Å². The molecule has 2 N–H and O–H groups in total. The number of hydrogen-bond acceptors (Lipinski definition) is 6. The van der Waals surface area contributed by atoms with Crippen LogP contribution in [0.1, 0.15) is 28.2 Å². The molecule has 1 atom stereocenters. The van der Waals surface area contributed by atoms with E-state index in [2.05, 4.69) is 10.3 Å². The first kappa shape index (κ1) is 13.3. The molecular weight excluding hydrogens is 276 g/mol. The summed E-state index contributed by atoms with van der Waals surface area (Å²) < 4.78 is 23.0. The quantitative estimate of drug-likeness (QED) is 0.866. The number of sulfone groups is 1. The molecule has 1 saturated heterocycles. The van der Waals surface area contributed by atoms with Gasteiger partial charge in [0, 0.05) is 10.9 Å². The van der Waals surface area contributed by atoms with E-state index in [4.69, 9.17) is 5.11 Å². The monoisotopic (exact) mass is 290 g/mol. The number of thiazole rings is 1. The van der Waals surface area contributed by atoms with E-state index >= 15 is 0 Å². The molecule has 18 heavy (non-hydrogen) atoms. The van der Waals surface area contributed by atoms with Crippen molar-refractivity contribution in [1.82, 2.24) is 4.98 Å². The summed E-state index contributed by atoms with van der Waals surface area (Å²) in [5.41, 5.74) is 0.0289. The van der Waals surface area contributed by atoms with E-state index in [1.54, 1.807) is 6.92 Å². The first-order valence-corrected chi connectivity index (χ1v) is 8.19. The molecular formula is C10H14N2O4S2. The van der Waals surface area contributed by atoms with E-state index in [9.17, 15) is 13.2 Å². The number of aromatic nitrogens is 1. The molecule has 6 nitrogen and oxygen atoms in total. The molecule has 0 spiro atoms. The molecule has 1 aromatic rings. The van der Waals surface area contributed by atoms with Gasteiger partial charge in [-0.3, -0.25) is 0 Å². The van der Waals surface area contributed by atoms with Gasteiger partial charge in [0.05, 0.1) is 11.5 Å². The van der Waals surface area contributed by atoms with Crippen molar-refractivity contribution < 1.29 is 18.3 Å². The minimum Gasteiger partial charge on any atom is -0.476 e. The number of hydrogen-bond donors (Lipinski definition) is 2. The maximum Gasteiger partial charge on any atom is 0.355 e. The highest BCUT2D eigenvalue weighted by atomic mass is 32.2. The molecule has 2 heterocycles. The Balaban J connectivity index is 2.10. The summed E-state index contributed by atoms with van der Waals surface area (Å²) in [4.78, 5) is 15.4. The van der Waals surface area contributed by atoms with Gasteiger partial charge in [-0.05, 0) is 19.8 Å². The fraction of sp³-hybridized carbons (Fsp3) is 0.600. The molecule has 1 aliphatic rings. The SMILES string of the molecule is Cc1sc(NC2CCCS(=O)(=O)C2)nc1C(=O)O. The zero-order chi connectivity index (χ0) is 13.3. The van der Waals surface area contributed by atoms with E-state index in [1.807, 2.05) is 0 Å². The normalized spacial score (nSPS) is 22.6. The van der Waals surface area contributed by atoms with E-state index < -0.39 is 15.8 Å². The number of rotatable bonds is 3. The van der Waals surface area contributed by atoms with Crippen LogP contribution in [0, 0.1) is 6.92 Å². The Hall–Kier alpha value is -1.15. The maximum absolute atomic E-state index is 11.5. The average Bonchev–Trinajstić information content (AvgIpc) is 2.58. The predicted molar refractivity (Wildman–Crippen MR) is 69.1 cm³/mol. The fourth-order valence-corrected chi connectivity index (χ4v) is 4.49. The van der Waals surface area contributed by atoms with Crippen LogP contribution < -0.4 is 5.32 Å². The van der Waals surface area contributed by atoms with Crippen LogP contribution in [0.4, 0.5) is 5.13 Å². The minimum absolute atomic E-state index is 0.0289. The standard InChI is InChI=1S/C10H14N2O4S2/c1-6-8(9(13)14)12-10(17-6)11-7-3-2-4-18(15,16)5-7/h7H,2-5H2,1H3,(H,11,12)(H,13,14). The van der Waals surface area contributed by atoms with Crippen molar-refractivity contribution in [2.45, 2.75) is 25.8 Å². The van der Waals surface area contributed by atoms with Crippen molar-refractivity contribution in [3.8, 4) is 0 Å². The zero-order valence-electron chi connectivity index (χ0n) is 9.84. The molecule has 0 aromatic carbocycles. The van der Waals surface area contributed by atoms with Gasteiger partial charge in [0.25, 0.3) is 0 Å². The van der Waals surface area contributed by atoms with Crippen molar-refractivity contribution in [2.75, 3.05) is 16.8 Å². The van der Waals surface area contributed by atoms with Crippen LogP contribution in [0.5, 0.6) is 0 Å². The topological polar surface area (TPSA) is 96.4 Å². The second-order valence-electron chi connectivity index (χ2n) is 4.33. The van der Waals surface area contributed by atoms with Crippen molar-refractivity contribution in [1.29, 1.82) is 0 Å². The van der Waals surface area contributed by atoms with Gasteiger partial charge < -0.3 is 10.4 Å². The second-order valence-corrected chi connectivity index (χ2v) is 7.76. The largest absolute Gasteiger partial charge is 0.476 e. The number of carboxylic acids is 1. The van der Waals surface area contributed by atoms with Gasteiger partial charge in [-0.2, -0.15) is 0 Å². The van der Waals surface area contributed by atoms with Crippen molar-refractivity contribution in [3.63, 3.8) is 0 Å². The van der Waals surface area contributed by atoms with E-state index in [0.29, 0.717) is 16.4 Å². The predicted octanol–water partition coefficient (Wildman–Crippen LogP) is 1.14. The molecule has 100 valence electrons. The molecule has 0 aliphatic carbocycles. The summed E-state index contributed by atoms with van der Waals surface area (Å²) in [5.74, 6) is -0.732. The smallest absolute Gasteiger partial charge is 0.355 e. The van der Waals surface area contributed by atoms with Gasteiger partial charge in [-0.1, -0.05) is 0 Å². The Morgan fingerprint density at radius 2 is 2.28 bits per heavy atom. The lowest BCUT2D eigenvalue weighted by atomic mass is 10.2. The van der Waals surface area contributed by atoms with Crippen LogP contribution in [-0.2, 0) is 9.84 Å². The summed E-state index contributed by atoms with van der Waals surface area (Å²) >= 11 is 1.24. The Labute approximate surface area is 109 Å². The number of nitrogens with zero attached hydrogens (tertiary/aromatic N) is 1. The third kappa shape index (κ3) is 2.99. The van der Waals surface area contributed by atoms with Gasteiger partial charge >= 0.3 is 5.97 Å². The first-order chi connectivity index (χ1) is 8.37. The van der Waals surface area contributed by atoms with Crippen molar-refractivity contribution in [2.24, 2.45) is 0 Å². The van der Waals surface area contributed by atoms with Crippen LogP contribution in [-0.4, -0.2) is 42.0 Å². The third-order valence-electron chi connectivity index (χ3n) is 2.79. The average molecular weight is 290 g/mol. The number of aromatic carboxylic acids is 1. The number of carbonyl (C=O) groups is 1. The third-order valence-corrected chi connectivity index (χ3v) is 5.51. The van der Waals surface area contributed by atoms with Gasteiger partial charge in [0.1, 0.15) is 0 Å². The summed E-state index contributed by atoms with van der Waals surface area (Å²) in [7, 11) is -2.97. The zero-order valence-corrected chi connectivity index (χ0v) is 11.5. The molecule has 0 bridgehead atoms. The lowest BCUT2D eigenvalue weighted by Crippen LogP contribution is -2.34. The molecule has 1 fully saturated rings. The summed E-state index contributed by atoms with van der Waals surface area (Å²) in [6.07, 6.45) is 1.40. The van der Waals surface area contributed by atoms with Crippen molar-refractivity contribution >= 4 is 32.3 Å². The molecule has 0 radical (unpaired) electrons. The second kappa shape index (κ2) is 4.85. The minimum atomic E-state index is -2.97. The van der Waals surface area contributed by atoms with Crippen LogP contribution in [0.25, 0.3) is 0 Å². The Bertz CT molecular complexity index is 564. The molecule has 0 amide bonds. The van der Waals surface area contributed by atoms with E-state index in [0.717, 1.165) is 6.42 Å². The van der Waals surface area contributed by atoms with E-state index in [1.165, 1.54) is 11.3 Å². The van der Waals surface area contributed by atoms with Crippen LogP contribution in [0.3, 0.4) is 0 Å². The number of anilines is 1. The highest BCUT2D eigenvalue weighted by Gasteiger charge is 2.25. The van der Waals surface area contributed by atoms with Gasteiger partial charge in [0.15, 0.2) is 20.7 Å². The number of carboxylic acid groups (broad SMARTS) is 1. The molecule has 1 aliphatic heterocycles. The fourth-order valence-electron chi connectivity index (χ4n) is 1.97. The Morgan fingerprint density at radius 1 is 1.56 bits per heavy atom. The van der Waals surface area contributed by atoms with Gasteiger partial charge in [-0.15, -0.1) is 11.3 Å². The van der Waals surface area contributed by atoms with Crippen LogP contribution in [0.2, 0.25) is 0 Å². The number of nitrogens with one attached hydrogen (secondary N) is 1. The Kier molecular flexibility index (Phi) is 3.58. The number of aryl methyl sites for hydroxylation is 1. The molecule has 8 heteroatoms. The molecule has 1 unspecified atom stereocenters. The lowest BCUT2D eigenvalue weighted by molar-refractivity contribution is 0.0690. The van der Waals surface area contributed by atoms with Gasteiger partial charge in [0.2, 0.25) is 0 Å². The van der Waals surface area contributed by atoms with Gasteiger partial charge in [-0.25, -0.2) is 18.2 Å². The highest BCUT2D eigenvalue weighted by Crippen LogP contribution is 2.24.